The third kappa shape index (κ3) is 2.29. The number of hydrogen-bond donors (Lipinski definition) is 0. The molecule has 0 amide bonds. The maximum Gasteiger partial charge on any atom is 0.0959 e. The monoisotopic (exact) mass is 238 g/mol. The molecule has 1 saturated carbocycles. The molecule has 1 aromatic rings. The second-order valence-electron chi connectivity index (χ2n) is 4.88. The van der Waals surface area contributed by atoms with Crippen molar-refractivity contribution < 1.29 is 4.74 Å². The summed E-state index contributed by atoms with van der Waals surface area (Å²) in [4.78, 5) is 7.09. The van der Waals surface area contributed by atoms with Crippen LogP contribution in [0.25, 0.3) is 0 Å². The zero-order chi connectivity index (χ0) is 11.0. The third-order valence-electron chi connectivity index (χ3n) is 3.44. The maximum absolute atomic E-state index is 5.41. The normalized spacial score (nSPS) is 25.5. The highest BCUT2D eigenvalue weighted by molar-refractivity contribution is 7.09. The van der Waals surface area contributed by atoms with Crippen molar-refractivity contribution in [3.63, 3.8) is 0 Å². The Morgan fingerprint density at radius 3 is 3.06 bits per heavy atom. The van der Waals surface area contributed by atoms with E-state index in [0.29, 0.717) is 6.04 Å². The number of hydrogen-bond acceptors (Lipinski definition) is 4. The Kier molecular flexibility index (Phi) is 2.96. The van der Waals surface area contributed by atoms with Crippen LogP contribution in [0.3, 0.4) is 0 Å². The minimum absolute atomic E-state index is 0.589. The van der Waals surface area contributed by atoms with E-state index in [0.717, 1.165) is 32.1 Å². The van der Waals surface area contributed by atoms with Gasteiger partial charge in [0.05, 0.1) is 17.3 Å². The van der Waals surface area contributed by atoms with E-state index in [1.807, 2.05) is 11.3 Å². The number of aromatic nitrogens is 1. The molecule has 0 bridgehead atoms. The standard InChI is InChI=1S/C12H18N2OS/c1-14(11-4-5-15-7-11)6-10-8-16-12(13-10)9-2-3-9/h8-9,11H,2-7H2,1H3. The highest BCUT2D eigenvalue weighted by atomic mass is 32.1. The first-order valence-corrected chi connectivity index (χ1v) is 6.93. The van der Waals surface area contributed by atoms with Gasteiger partial charge in [0.25, 0.3) is 0 Å². The molecule has 1 atom stereocenters. The van der Waals surface area contributed by atoms with Crippen molar-refractivity contribution >= 4 is 11.3 Å². The molecule has 1 aliphatic carbocycles. The minimum Gasteiger partial charge on any atom is -0.380 e. The molecule has 2 fully saturated rings. The number of likely N-dealkylation sites (N-methyl/N-ethyl adjacent to an activating group) is 1. The highest BCUT2D eigenvalue weighted by Gasteiger charge is 2.27. The quantitative estimate of drug-likeness (QED) is 0.804. The summed E-state index contributed by atoms with van der Waals surface area (Å²) >= 11 is 1.84. The molecule has 2 aliphatic rings. The van der Waals surface area contributed by atoms with E-state index in [9.17, 15) is 0 Å². The Balaban J connectivity index is 1.59. The van der Waals surface area contributed by atoms with Gasteiger partial charge in [-0.1, -0.05) is 0 Å². The molecule has 1 aliphatic heterocycles. The Morgan fingerprint density at radius 1 is 1.50 bits per heavy atom. The maximum atomic E-state index is 5.41. The predicted octanol–water partition coefficient (Wildman–Crippen LogP) is 2.24. The Labute approximate surface area is 100 Å². The molecule has 88 valence electrons. The van der Waals surface area contributed by atoms with Crippen molar-refractivity contribution in [2.45, 2.75) is 37.8 Å². The second kappa shape index (κ2) is 4.43. The van der Waals surface area contributed by atoms with E-state index >= 15 is 0 Å². The van der Waals surface area contributed by atoms with Crippen LogP contribution in [-0.4, -0.2) is 36.2 Å². The topological polar surface area (TPSA) is 25.4 Å². The zero-order valence-electron chi connectivity index (χ0n) is 9.69. The summed E-state index contributed by atoms with van der Waals surface area (Å²) in [6, 6.07) is 0.589. The molecule has 1 aromatic heterocycles. The molecule has 1 unspecified atom stereocenters. The summed E-state index contributed by atoms with van der Waals surface area (Å²) < 4.78 is 5.41. The molecular formula is C12H18N2OS. The molecular weight excluding hydrogens is 220 g/mol. The molecule has 0 N–H and O–H groups in total. The van der Waals surface area contributed by atoms with Crippen molar-refractivity contribution in [3.8, 4) is 0 Å². The first-order valence-electron chi connectivity index (χ1n) is 6.05. The van der Waals surface area contributed by atoms with Crippen LogP contribution in [0.5, 0.6) is 0 Å². The Bertz CT molecular complexity index is 356. The van der Waals surface area contributed by atoms with Gasteiger partial charge in [-0.3, -0.25) is 4.90 Å². The van der Waals surface area contributed by atoms with Gasteiger partial charge < -0.3 is 4.74 Å². The first-order chi connectivity index (χ1) is 7.83. The second-order valence-corrected chi connectivity index (χ2v) is 5.77. The van der Waals surface area contributed by atoms with Crippen LogP contribution in [0.2, 0.25) is 0 Å². The van der Waals surface area contributed by atoms with Crippen LogP contribution in [-0.2, 0) is 11.3 Å². The van der Waals surface area contributed by atoms with Crippen LogP contribution in [0, 0.1) is 0 Å². The Morgan fingerprint density at radius 2 is 2.38 bits per heavy atom. The van der Waals surface area contributed by atoms with Gasteiger partial charge >= 0.3 is 0 Å². The fourth-order valence-electron chi connectivity index (χ4n) is 2.17. The van der Waals surface area contributed by atoms with E-state index in [4.69, 9.17) is 9.72 Å². The lowest BCUT2D eigenvalue weighted by atomic mass is 10.2. The van der Waals surface area contributed by atoms with Crippen molar-refractivity contribution in [3.05, 3.63) is 16.1 Å². The summed E-state index contributed by atoms with van der Waals surface area (Å²) in [6.07, 6.45) is 3.86. The summed E-state index contributed by atoms with van der Waals surface area (Å²) in [6.45, 7) is 2.77. The van der Waals surface area contributed by atoms with Gasteiger partial charge in [-0.15, -0.1) is 11.3 Å². The molecule has 16 heavy (non-hydrogen) atoms. The van der Waals surface area contributed by atoms with E-state index in [-0.39, 0.29) is 0 Å². The molecule has 3 nitrogen and oxygen atoms in total. The van der Waals surface area contributed by atoms with Gasteiger partial charge in [0.15, 0.2) is 0 Å². The van der Waals surface area contributed by atoms with Gasteiger partial charge in [0.2, 0.25) is 0 Å². The lowest BCUT2D eigenvalue weighted by Crippen LogP contribution is -2.31. The fourth-order valence-corrected chi connectivity index (χ4v) is 3.15. The Hall–Kier alpha value is -0.450. The minimum atomic E-state index is 0.589. The van der Waals surface area contributed by atoms with E-state index in [2.05, 4.69) is 17.3 Å². The molecule has 0 spiro atoms. The average Bonchev–Trinajstić information content (AvgIpc) is 2.82. The van der Waals surface area contributed by atoms with Crippen molar-refractivity contribution in [1.82, 2.24) is 9.88 Å². The fraction of sp³-hybridized carbons (Fsp3) is 0.750. The number of thiazole rings is 1. The summed E-state index contributed by atoms with van der Waals surface area (Å²) in [5, 5.41) is 3.58. The summed E-state index contributed by atoms with van der Waals surface area (Å²) in [5.41, 5.74) is 1.24. The zero-order valence-corrected chi connectivity index (χ0v) is 10.5. The number of ether oxygens (including phenoxy) is 1. The van der Waals surface area contributed by atoms with Gasteiger partial charge in [-0.25, -0.2) is 4.98 Å². The van der Waals surface area contributed by atoms with E-state index in [1.165, 1.54) is 23.5 Å². The van der Waals surface area contributed by atoms with Gasteiger partial charge in [0, 0.05) is 30.5 Å². The van der Waals surface area contributed by atoms with Gasteiger partial charge in [0.1, 0.15) is 0 Å². The SMILES string of the molecule is CN(Cc1csc(C2CC2)n1)C1CCOC1. The molecule has 1 saturated heterocycles. The number of rotatable bonds is 4. The average molecular weight is 238 g/mol. The third-order valence-corrected chi connectivity index (χ3v) is 4.49. The molecule has 4 heteroatoms. The highest BCUT2D eigenvalue weighted by Crippen LogP contribution is 2.41. The van der Waals surface area contributed by atoms with E-state index < -0.39 is 0 Å². The summed E-state index contributed by atoms with van der Waals surface area (Å²) in [7, 11) is 2.18. The lowest BCUT2D eigenvalue weighted by Gasteiger charge is -2.21. The summed E-state index contributed by atoms with van der Waals surface area (Å²) in [5.74, 6) is 0.791. The van der Waals surface area contributed by atoms with Crippen LogP contribution >= 0.6 is 11.3 Å². The van der Waals surface area contributed by atoms with Gasteiger partial charge in [-0.05, 0) is 26.3 Å². The molecule has 2 heterocycles. The molecule has 3 rings (SSSR count). The lowest BCUT2D eigenvalue weighted by molar-refractivity contribution is 0.156. The first kappa shape index (κ1) is 10.7. The molecule has 0 aromatic carbocycles. The van der Waals surface area contributed by atoms with Crippen LogP contribution in [0.15, 0.2) is 5.38 Å². The van der Waals surface area contributed by atoms with Gasteiger partial charge in [-0.2, -0.15) is 0 Å². The predicted molar refractivity (Wildman–Crippen MR) is 64.8 cm³/mol. The van der Waals surface area contributed by atoms with E-state index in [1.54, 1.807) is 0 Å². The van der Waals surface area contributed by atoms with Crippen LogP contribution in [0.4, 0.5) is 0 Å². The van der Waals surface area contributed by atoms with Crippen molar-refractivity contribution in [2.24, 2.45) is 0 Å². The van der Waals surface area contributed by atoms with Crippen molar-refractivity contribution in [1.29, 1.82) is 0 Å². The van der Waals surface area contributed by atoms with Crippen molar-refractivity contribution in [2.75, 3.05) is 20.3 Å². The van der Waals surface area contributed by atoms with Crippen LogP contribution < -0.4 is 0 Å². The smallest absolute Gasteiger partial charge is 0.0959 e. The largest absolute Gasteiger partial charge is 0.380 e. The van der Waals surface area contributed by atoms with Crippen LogP contribution in [0.1, 0.15) is 35.9 Å². The number of nitrogens with zero attached hydrogens (tertiary/aromatic N) is 2. The molecule has 0 radical (unpaired) electrons.